The van der Waals surface area contributed by atoms with E-state index in [0.717, 1.165) is 0 Å². The van der Waals surface area contributed by atoms with Crippen molar-refractivity contribution in [2.45, 2.75) is 53.4 Å². The predicted molar refractivity (Wildman–Crippen MR) is 210 cm³/mol. The molecule has 0 saturated heterocycles. The Labute approximate surface area is 301 Å². The van der Waals surface area contributed by atoms with Gasteiger partial charge < -0.3 is 30.6 Å². The number of hydrogen-bond donors (Lipinski definition) is 8. The molecule has 10 nitrogen and oxygen atoms in total. The molecule has 0 spiro atoms. The first-order valence-corrected chi connectivity index (χ1v) is 17.0. The van der Waals surface area contributed by atoms with E-state index in [2.05, 4.69) is 21.1 Å². The summed E-state index contributed by atoms with van der Waals surface area (Å²) in [5, 5.41) is 79.8. The highest BCUT2D eigenvalue weighted by molar-refractivity contribution is 6.15. The fraction of sp³-hybridized carbons (Fsp3) is 0.190. The SMILES string of the molecule is Cc1cc2c(C(C)C)c(O)c(O)c(C=NNc3ccccc3)c2c(O)c1-c1c(C)cc2c(C(C)C)c(O)c(O)c(C=NNc3ccccc3)c2c1O. The number of anilines is 2. The number of fused-ring (bicyclic) bond motifs is 2. The zero-order chi connectivity index (χ0) is 37.4. The lowest BCUT2D eigenvalue weighted by molar-refractivity contribution is 0.398. The molecule has 266 valence electrons. The van der Waals surface area contributed by atoms with Crippen molar-refractivity contribution in [2.24, 2.45) is 10.2 Å². The first kappa shape index (κ1) is 35.4. The summed E-state index contributed by atoms with van der Waals surface area (Å²) in [5.41, 5.74) is 9.93. The van der Waals surface area contributed by atoms with E-state index in [1.165, 1.54) is 12.4 Å². The van der Waals surface area contributed by atoms with Gasteiger partial charge in [0.1, 0.15) is 11.5 Å². The molecule has 0 aliphatic heterocycles. The molecule has 0 aliphatic rings. The standard InChI is InChI=1S/C42H42N4O6/c1-21(2)31-27-17-23(5)33(39(49)35(27)29(37(47)41(31)51)19-43-45-25-13-9-7-10-14-25)34-24(6)18-28-32(22(3)4)42(52)38(48)30(36(28)40(34)50)20-44-46-26-15-11-8-12-16-26/h7-22,45-52H,1-6H3. The molecule has 10 heteroatoms. The second-order valence-corrected chi connectivity index (χ2v) is 13.5. The molecule has 0 radical (unpaired) electrons. The smallest absolute Gasteiger partial charge is 0.167 e. The van der Waals surface area contributed by atoms with E-state index in [1.807, 2.05) is 100 Å². The molecule has 0 unspecified atom stereocenters. The minimum atomic E-state index is -0.453. The maximum Gasteiger partial charge on any atom is 0.167 e. The first-order chi connectivity index (χ1) is 24.8. The molecule has 52 heavy (non-hydrogen) atoms. The minimum absolute atomic E-state index is 0.0708. The molecule has 0 saturated carbocycles. The van der Waals surface area contributed by atoms with Gasteiger partial charge in [0.05, 0.1) is 34.9 Å². The molecule has 8 N–H and O–H groups in total. The average Bonchev–Trinajstić information content (AvgIpc) is 3.10. The molecular weight excluding hydrogens is 656 g/mol. The van der Waals surface area contributed by atoms with E-state index in [1.54, 1.807) is 13.8 Å². The van der Waals surface area contributed by atoms with E-state index in [4.69, 9.17) is 0 Å². The Morgan fingerprint density at radius 1 is 0.500 bits per heavy atom. The number of aryl methyl sites for hydroxylation is 2. The van der Waals surface area contributed by atoms with Crippen molar-refractivity contribution in [2.75, 3.05) is 10.9 Å². The topological polar surface area (TPSA) is 170 Å². The average molecular weight is 699 g/mol. The minimum Gasteiger partial charge on any atom is -0.507 e. The van der Waals surface area contributed by atoms with E-state index in [9.17, 15) is 30.6 Å². The van der Waals surface area contributed by atoms with Crippen LogP contribution in [-0.2, 0) is 0 Å². The molecule has 0 fully saturated rings. The predicted octanol–water partition coefficient (Wildman–Crippen LogP) is 9.65. The van der Waals surface area contributed by atoms with Crippen LogP contribution < -0.4 is 10.9 Å². The normalized spacial score (nSPS) is 11.9. The maximum absolute atomic E-state index is 12.3. The van der Waals surface area contributed by atoms with Crippen LogP contribution in [0, 0.1) is 13.8 Å². The number of hydrogen-bond acceptors (Lipinski definition) is 10. The summed E-state index contributed by atoms with van der Waals surface area (Å²) < 4.78 is 0. The summed E-state index contributed by atoms with van der Waals surface area (Å²) in [5.74, 6) is -2.51. The summed E-state index contributed by atoms with van der Waals surface area (Å²) in [6, 6.07) is 22.0. The maximum atomic E-state index is 12.3. The lowest BCUT2D eigenvalue weighted by Crippen LogP contribution is -2.02. The Hall–Kier alpha value is -6.42. The second kappa shape index (κ2) is 14.1. The van der Waals surface area contributed by atoms with Crippen molar-refractivity contribution in [1.29, 1.82) is 0 Å². The van der Waals surface area contributed by atoms with Gasteiger partial charge in [-0.05, 0) is 71.8 Å². The van der Waals surface area contributed by atoms with Crippen LogP contribution in [0.5, 0.6) is 34.5 Å². The number of nitrogens with zero attached hydrogens (tertiary/aromatic N) is 2. The third kappa shape index (κ3) is 6.12. The Morgan fingerprint density at radius 2 is 0.846 bits per heavy atom. The Bertz CT molecular complexity index is 2220. The largest absolute Gasteiger partial charge is 0.507 e. The number of aromatic hydroxyl groups is 6. The molecular formula is C42H42N4O6. The highest BCUT2D eigenvalue weighted by Gasteiger charge is 2.29. The van der Waals surface area contributed by atoms with Crippen molar-refractivity contribution in [3.63, 3.8) is 0 Å². The van der Waals surface area contributed by atoms with Crippen molar-refractivity contribution in [3.05, 3.63) is 106 Å². The van der Waals surface area contributed by atoms with Gasteiger partial charge in [0.25, 0.3) is 0 Å². The Balaban J connectivity index is 1.66. The van der Waals surface area contributed by atoms with Crippen molar-refractivity contribution in [1.82, 2.24) is 0 Å². The molecule has 0 heterocycles. The molecule has 6 aromatic rings. The number of phenols is 6. The molecule has 0 atom stereocenters. The summed E-state index contributed by atoms with van der Waals surface area (Å²) in [4.78, 5) is 0. The van der Waals surface area contributed by atoms with Gasteiger partial charge in [0, 0.05) is 33.0 Å². The molecule has 6 rings (SSSR count). The highest BCUT2D eigenvalue weighted by atomic mass is 16.3. The van der Waals surface area contributed by atoms with Crippen LogP contribution in [0.4, 0.5) is 11.4 Å². The number of benzene rings is 6. The van der Waals surface area contributed by atoms with Crippen LogP contribution in [-0.4, -0.2) is 43.1 Å². The molecule has 0 aromatic heterocycles. The molecule has 0 bridgehead atoms. The van der Waals surface area contributed by atoms with Crippen LogP contribution in [0.25, 0.3) is 32.7 Å². The van der Waals surface area contributed by atoms with Gasteiger partial charge in [-0.15, -0.1) is 0 Å². The first-order valence-electron chi connectivity index (χ1n) is 17.0. The van der Waals surface area contributed by atoms with Gasteiger partial charge in [-0.1, -0.05) is 76.2 Å². The van der Waals surface area contributed by atoms with Gasteiger partial charge in [0.2, 0.25) is 0 Å². The number of hydrazone groups is 2. The number of rotatable bonds is 9. The molecule has 6 aromatic carbocycles. The summed E-state index contributed by atoms with van der Waals surface area (Å²) in [6.07, 6.45) is 2.68. The highest BCUT2D eigenvalue weighted by Crippen LogP contribution is 2.54. The van der Waals surface area contributed by atoms with Crippen molar-refractivity contribution >= 4 is 45.3 Å². The van der Waals surface area contributed by atoms with Gasteiger partial charge >= 0.3 is 0 Å². The van der Waals surface area contributed by atoms with Crippen LogP contribution in [0.1, 0.15) is 72.9 Å². The summed E-state index contributed by atoms with van der Waals surface area (Å²) in [6.45, 7) is 11.1. The third-order valence-electron chi connectivity index (χ3n) is 9.31. The number of nitrogens with one attached hydrogen (secondary N) is 2. The zero-order valence-electron chi connectivity index (χ0n) is 29.8. The van der Waals surface area contributed by atoms with E-state index < -0.39 is 11.5 Å². The van der Waals surface area contributed by atoms with Crippen molar-refractivity contribution in [3.8, 4) is 45.6 Å². The Morgan fingerprint density at radius 3 is 1.17 bits per heavy atom. The quantitative estimate of drug-likeness (QED) is 0.0419. The van der Waals surface area contributed by atoms with Crippen LogP contribution >= 0.6 is 0 Å². The second-order valence-electron chi connectivity index (χ2n) is 13.5. The van der Waals surface area contributed by atoms with Gasteiger partial charge in [-0.25, -0.2) is 0 Å². The van der Waals surface area contributed by atoms with Gasteiger partial charge in [-0.3, -0.25) is 10.9 Å². The van der Waals surface area contributed by atoms with Gasteiger partial charge in [-0.2, -0.15) is 10.2 Å². The van der Waals surface area contributed by atoms with Crippen LogP contribution in [0.3, 0.4) is 0 Å². The van der Waals surface area contributed by atoms with Gasteiger partial charge in [0.15, 0.2) is 23.0 Å². The number of phenolic OH excluding ortho intramolecular Hbond substituents is 6. The van der Waals surface area contributed by atoms with E-state index >= 15 is 0 Å². The van der Waals surface area contributed by atoms with E-state index in [-0.39, 0.29) is 67.9 Å². The third-order valence-corrected chi connectivity index (χ3v) is 9.31. The summed E-state index contributed by atoms with van der Waals surface area (Å²) in [7, 11) is 0. The fourth-order valence-corrected chi connectivity index (χ4v) is 6.99. The molecule has 0 aliphatic carbocycles. The Kier molecular flexibility index (Phi) is 9.58. The lowest BCUT2D eigenvalue weighted by Gasteiger charge is -2.23. The fourth-order valence-electron chi connectivity index (χ4n) is 6.99. The molecule has 0 amide bonds. The van der Waals surface area contributed by atoms with Crippen molar-refractivity contribution < 1.29 is 30.6 Å². The zero-order valence-corrected chi connectivity index (χ0v) is 29.8. The number of para-hydroxylation sites is 2. The lowest BCUT2D eigenvalue weighted by atomic mass is 9.83. The van der Waals surface area contributed by atoms with E-state index in [0.29, 0.717) is 44.4 Å². The monoisotopic (exact) mass is 698 g/mol. The summed E-state index contributed by atoms with van der Waals surface area (Å²) >= 11 is 0. The van der Waals surface area contributed by atoms with Crippen LogP contribution in [0.15, 0.2) is 83.0 Å². The van der Waals surface area contributed by atoms with Crippen LogP contribution in [0.2, 0.25) is 0 Å².